The number of benzene rings is 1. The van der Waals surface area contributed by atoms with Gasteiger partial charge in [0.1, 0.15) is 17.6 Å². The van der Waals surface area contributed by atoms with Crippen molar-refractivity contribution in [1.29, 1.82) is 0 Å². The molecule has 0 radical (unpaired) electrons. The number of carboxylic acids is 1. The molecule has 2 aromatic rings. The van der Waals surface area contributed by atoms with Gasteiger partial charge in [0.25, 0.3) is 0 Å². The summed E-state index contributed by atoms with van der Waals surface area (Å²) in [7, 11) is 0. The number of nitro groups is 1. The molecule has 0 bridgehead atoms. The lowest BCUT2D eigenvalue weighted by molar-refractivity contribution is -0.385. The largest absolute Gasteiger partial charge is 0.477 e. The highest BCUT2D eigenvalue weighted by Gasteiger charge is 2.22. The fraction of sp³-hybridized carbons (Fsp3) is 0. The third-order valence-corrected chi connectivity index (χ3v) is 2.39. The fourth-order valence-corrected chi connectivity index (χ4v) is 1.47. The molecule has 0 aliphatic rings. The van der Waals surface area contributed by atoms with Gasteiger partial charge in [-0.2, -0.15) is 0 Å². The molecule has 0 fully saturated rings. The molecule has 2 rings (SSSR count). The van der Waals surface area contributed by atoms with Crippen LogP contribution in [0.25, 0.3) is 0 Å². The van der Waals surface area contributed by atoms with Crippen LogP contribution in [-0.4, -0.2) is 21.0 Å². The van der Waals surface area contributed by atoms with Gasteiger partial charge in [0.15, 0.2) is 11.6 Å². The number of hydrogen-bond acceptors (Lipinski definition) is 5. The first kappa shape index (κ1) is 14.3. The Morgan fingerprint density at radius 3 is 2.62 bits per heavy atom. The first-order valence-electron chi connectivity index (χ1n) is 5.39. The molecule has 0 saturated carbocycles. The van der Waals surface area contributed by atoms with Crippen molar-refractivity contribution >= 4 is 11.7 Å². The predicted octanol–water partition coefficient (Wildman–Crippen LogP) is 2.76. The third-order valence-electron chi connectivity index (χ3n) is 2.39. The molecule has 0 aliphatic heterocycles. The van der Waals surface area contributed by atoms with E-state index in [2.05, 4.69) is 4.98 Å². The highest BCUT2D eigenvalue weighted by Crippen LogP contribution is 2.27. The van der Waals surface area contributed by atoms with Crippen LogP contribution in [0.5, 0.6) is 11.6 Å². The van der Waals surface area contributed by atoms with Crippen LogP contribution in [-0.2, 0) is 0 Å². The maximum Gasteiger partial charge on any atom is 0.342 e. The Morgan fingerprint density at radius 1 is 1.33 bits per heavy atom. The van der Waals surface area contributed by atoms with E-state index in [1.807, 2.05) is 0 Å². The molecule has 0 aliphatic carbocycles. The third kappa shape index (κ3) is 3.08. The van der Waals surface area contributed by atoms with Gasteiger partial charge in [0.2, 0.25) is 5.88 Å². The number of nitrogens with zero attached hydrogens (tertiary/aromatic N) is 2. The lowest BCUT2D eigenvalue weighted by Crippen LogP contribution is -2.04. The normalized spacial score (nSPS) is 10.2. The standard InChI is InChI=1S/C12H6F2N2O5/c13-6-1-2-10(8(14)3-6)21-11-4-7(12(17)18)9(5-15-11)16(19)20/h1-5H,(H,17,18). The van der Waals surface area contributed by atoms with Gasteiger partial charge in [-0.15, -0.1) is 0 Å². The number of pyridine rings is 1. The highest BCUT2D eigenvalue weighted by molar-refractivity contribution is 5.92. The van der Waals surface area contributed by atoms with Gasteiger partial charge in [-0.1, -0.05) is 0 Å². The number of carbonyl (C=O) groups is 1. The average molecular weight is 296 g/mol. The quantitative estimate of drug-likeness (QED) is 0.687. The van der Waals surface area contributed by atoms with Gasteiger partial charge < -0.3 is 9.84 Å². The highest BCUT2D eigenvalue weighted by atomic mass is 19.1. The smallest absolute Gasteiger partial charge is 0.342 e. The van der Waals surface area contributed by atoms with Gasteiger partial charge in [-0.3, -0.25) is 10.1 Å². The van der Waals surface area contributed by atoms with Gasteiger partial charge >= 0.3 is 11.7 Å². The van der Waals surface area contributed by atoms with E-state index in [1.165, 1.54) is 0 Å². The number of aromatic nitrogens is 1. The second kappa shape index (κ2) is 5.49. The Kier molecular flexibility index (Phi) is 3.74. The van der Waals surface area contributed by atoms with Gasteiger partial charge in [-0.05, 0) is 12.1 Å². The average Bonchev–Trinajstić information content (AvgIpc) is 2.41. The molecule has 0 unspecified atom stereocenters. The molecule has 0 amide bonds. The predicted molar refractivity (Wildman–Crippen MR) is 64.3 cm³/mol. The summed E-state index contributed by atoms with van der Waals surface area (Å²) in [6.45, 7) is 0. The second-order valence-electron chi connectivity index (χ2n) is 3.78. The topological polar surface area (TPSA) is 103 Å². The molecule has 21 heavy (non-hydrogen) atoms. The van der Waals surface area contributed by atoms with Crippen LogP contribution in [0.15, 0.2) is 30.5 Å². The zero-order chi connectivity index (χ0) is 15.6. The lowest BCUT2D eigenvalue weighted by Gasteiger charge is -2.06. The molecule has 1 heterocycles. The summed E-state index contributed by atoms with van der Waals surface area (Å²) in [5.74, 6) is -4.17. The van der Waals surface area contributed by atoms with Crippen molar-refractivity contribution in [3.05, 3.63) is 57.8 Å². The Labute approximate surface area is 115 Å². The molecule has 0 saturated heterocycles. The number of rotatable bonds is 4. The van der Waals surface area contributed by atoms with E-state index < -0.39 is 39.5 Å². The zero-order valence-corrected chi connectivity index (χ0v) is 10.1. The summed E-state index contributed by atoms with van der Waals surface area (Å²) < 4.78 is 31.1. The molecule has 1 aromatic heterocycles. The molecule has 0 atom stereocenters. The summed E-state index contributed by atoms with van der Waals surface area (Å²) in [6, 6.07) is 3.26. The maximum absolute atomic E-state index is 13.4. The minimum absolute atomic E-state index is 0.372. The summed E-state index contributed by atoms with van der Waals surface area (Å²) in [5.41, 5.74) is -1.39. The van der Waals surface area contributed by atoms with Crippen molar-refractivity contribution in [2.24, 2.45) is 0 Å². The molecular formula is C12H6F2N2O5. The zero-order valence-electron chi connectivity index (χ0n) is 10.1. The first-order chi connectivity index (χ1) is 9.88. The van der Waals surface area contributed by atoms with Crippen LogP contribution < -0.4 is 4.74 Å². The fourth-order valence-electron chi connectivity index (χ4n) is 1.47. The summed E-state index contributed by atoms with van der Waals surface area (Å²) in [6.07, 6.45) is 0.681. The summed E-state index contributed by atoms with van der Waals surface area (Å²) in [4.78, 5) is 24.2. The van der Waals surface area contributed by atoms with E-state index in [9.17, 15) is 23.7 Å². The molecule has 9 heteroatoms. The number of carboxylic acid groups (broad SMARTS) is 1. The van der Waals surface area contributed by atoms with Crippen LogP contribution in [0.4, 0.5) is 14.5 Å². The Bertz CT molecular complexity index is 736. The van der Waals surface area contributed by atoms with E-state index in [0.29, 0.717) is 12.3 Å². The molecule has 1 N–H and O–H groups in total. The molecule has 1 aromatic carbocycles. The minimum Gasteiger partial charge on any atom is -0.477 e. The first-order valence-corrected chi connectivity index (χ1v) is 5.39. The molecule has 7 nitrogen and oxygen atoms in total. The van der Waals surface area contributed by atoms with Crippen LogP contribution >= 0.6 is 0 Å². The van der Waals surface area contributed by atoms with Crippen molar-refractivity contribution < 1.29 is 28.3 Å². The van der Waals surface area contributed by atoms with Gasteiger partial charge in [-0.25, -0.2) is 18.6 Å². The monoisotopic (exact) mass is 296 g/mol. The van der Waals surface area contributed by atoms with Crippen LogP contribution in [0.1, 0.15) is 10.4 Å². The van der Waals surface area contributed by atoms with Crippen molar-refractivity contribution in [3.63, 3.8) is 0 Å². The van der Waals surface area contributed by atoms with Crippen molar-refractivity contribution in [2.45, 2.75) is 0 Å². The van der Waals surface area contributed by atoms with Crippen molar-refractivity contribution in [2.75, 3.05) is 0 Å². The Morgan fingerprint density at radius 2 is 2.05 bits per heavy atom. The van der Waals surface area contributed by atoms with E-state index in [4.69, 9.17) is 9.84 Å². The summed E-state index contributed by atoms with van der Waals surface area (Å²) >= 11 is 0. The van der Waals surface area contributed by atoms with E-state index in [0.717, 1.165) is 18.2 Å². The molecule has 0 spiro atoms. The van der Waals surface area contributed by atoms with Crippen molar-refractivity contribution in [3.8, 4) is 11.6 Å². The number of aromatic carboxylic acids is 1. The van der Waals surface area contributed by atoms with Crippen LogP contribution in [0.3, 0.4) is 0 Å². The van der Waals surface area contributed by atoms with Crippen LogP contribution in [0, 0.1) is 21.7 Å². The van der Waals surface area contributed by atoms with Crippen molar-refractivity contribution in [1.82, 2.24) is 4.98 Å². The minimum atomic E-state index is -1.56. The van der Waals surface area contributed by atoms with E-state index in [-0.39, 0.29) is 5.88 Å². The van der Waals surface area contributed by atoms with E-state index in [1.54, 1.807) is 0 Å². The number of hydrogen-bond donors (Lipinski definition) is 1. The van der Waals surface area contributed by atoms with Gasteiger partial charge in [0, 0.05) is 12.1 Å². The number of halogens is 2. The number of ether oxygens (including phenoxy) is 1. The maximum atomic E-state index is 13.4. The van der Waals surface area contributed by atoms with Gasteiger partial charge in [0.05, 0.1) is 4.92 Å². The Hall–Kier alpha value is -3.10. The summed E-state index contributed by atoms with van der Waals surface area (Å²) in [5, 5.41) is 19.5. The second-order valence-corrected chi connectivity index (χ2v) is 3.78. The molecule has 108 valence electrons. The molecular weight excluding hydrogens is 290 g/mol. The Balaban J connectivity index is 2.39. The lowest BCUT2D eigenvalue weighted by atomic mass is 10.2. The SMILES string of the molecule is O=C(O)c1cc(Oc2ccc(F)cc2F)ncc1[N+](=O)[O-]. The van der Waals surface area contributed by atoms with E-state index >= 15 is 0 Å². The van der Waals surface area contributed by atoms with Crippen LogP contribution in [0.2, 0.25) is 0 Å².